The van der Waals surface area contributed by atoms with Gasteiger partial charge in [-0.25, -0.2) is 14.4 Å². The highest BCUT2D eigenvalue weighted by molar-refractivity contribution is 5.83. The van der Waals surface area contributed by atoms with Gasteiger partial charge in [-0.1, -0.05) is 6.92 Å². The lowest BCUT2D eigenvalue weighted by molar-refractivity contribution is -0.139. The molecule has 2 saturated heterocycles. The van der Waals surface area contributed by atoms with Crippen LogP contribution in [-0.2, 0) is 4.79 Å². The lowest BCUT2D eigenvalue weighted by Crippen LogP contribution is -2.57. The highest BCUT2D eigenvalue weighted by Gasteiger charge is 2.37. The Hall–Kier alpha value is -1.99. The SMILES string of the molecule is CC[C@@H](NC(=O)N1CCN2C(=O)NCC2C1)C(=O)O. The third-order valence-corrected chi connectivity index (χ3v) is 3.52. The normalized spacial score (nSPS) is 23.6. The van der Waals surface area contributed by atoms with Gasteiger partial charge < -0.3 is 25.5 Å². The van der Waals surface area contributed by atoms with Crippen molar-refractivity contribution in [2.24, 2.45) is 0 Å². The summed E-state index contributed by atoms with van der Waals surface area (Å²) in [7, 11) is 0. The molecule has 0 aliphatic carbocycles. The fourth-order valence-corrected chi connectivity index (χ4v) is 2.37. The molecule has 8 heteroatoms. The third kappa shape index (κ3) is 2.72. The minimum absolute atomic E-state index is 0.0168. The number of hydrogen-bond acceptors (Lipinski definition) is 3. The summed E-state index contributed by atoms with van der Waals surface area (Å²) in [5.74, 6) is -1.04. The molecule has 2 heterocycles. The van der Waals surface area contributed by atoms with E-state index in [1.807, 2.05) is 0 Å². The average molecular weight is 270 g/mol. The Bertz CT molecular complexity index is 400. The summed E-state index contributed by atoms with van der Waals surface area (Å²) in [6, 6.07) is -1.36. The Morgan fingerprint density at radius 3 is 2.89 bits per heavy atom. The highest BCUT2D eigenvalue weighted by atomic mass is 16.4. The first-order chi connectivity index (χ1) is 9.02. The number of carboxylic acid groups (broad SMARTS) is 1. The lowest BCUT2D eigenvalue weighted by atomic mass is 10.2. The molecule has 0 aromatic rings. The van der Waals surface area contributed by atoms with Crippen LogP contribution < -0.4 is 10.6 Å². The quantitative estimate of drug-likeness (QED) is 0.629. The van der Waals surface area contributed by atoms with Crippen LogP contribution in [-0.4, -0.2) is 71.2 Å². The average Bonchev–Trinajstić information content (AvgIpc) is 2.76. The van der Waals surface area contributed by atoms with Gasteiger partial charge in [0.1, 0.15) is 6.04 Å². The number of carboxylic acids is 1. The van der Waals surface area contributed by atoms with Crippen molar-refractivity contribution < 1.29 is 19.5 Å². The Morgan fingerprint density at radius 1 is 1.53 bits per heavy atom. The molecule has 2 aliphatic heterocycles. The second kappa shape index (κ2) is 5.33. The van der Waals surface area contributed by atoms with Crippen molar-refractivity contribution in [1.82, 2.24) is 20.4 Å². The largest absolute Gasteiger partial charge is 0.480 e. The minimum Gasteiger partial charge on any atom is -0.480 e. The molecule has 2 rings (SSSR count). The van der Waals surface area contributed by atoms with Crippen molar-refractivity contribution >= 4 is 18.0 Å². The van der Waals surface area contributed by atoms with E-state index < -0.39 is 12.0 Å². The molecule has 2 fully saturated rings. The van der Waals surface area contributed by atoms with Crippen molar-refractivity contribution in [3.8, 4) is 0 Å². The molecular formula is C11H18N4O4. The molecule has 2 aliphatic rings. The predicted molar refractivity (Wildman–Crippen MR) is 65.7 cm³/mol. The molecule has 4 amide bonds. The smallest absolute Gasteiger partial charge is 0.326 e. The zero-order valence-electron chi connectivity index (χ0n) is 10.8. The Morgan fingerprint density at radius 2 is 2.26 bits per heavy atom. The van der Waals surface area contributed by atoms with Gasteiger partial charge in [-0.3, -0.25) is 0 Å². The maximum Gasteiger partial charge on any atom is 0.326 e. The number of fused-ring (bicyclic) bond motifs is 1. The number of amides is 4. The van der Waals surface area contributed by atoms with E-state index in [0.717, 1.165) is 0 Å². The van der Waals surface area contributed by atoms with Crippen molar-refractivity contribution in [1.29, 1.82) is 0 Å². The van der Waals surface area contributed by atoms with Gasteiger partial charge in [0.2, 0.25) is 0 Å². The van der Waals surface area contributed by atoms with Crippen LogP contribution in [0, 0.1) is 0 Å². The number of nitrogens with one attached hydrogen (secondary N) is 2. The van der Waals surface area contributed by atoms with E-state index in [-0.39, 0.29) is 18.1 Å². The van der Waals surface area contributed by atoms with Crippen LogP contribution in [0.5, 0.6) is 0 Å². The summed E-state index contributed by atoms with van der Waals surface area (Å²) >= 11 is 0. The molecule has 0 spiro atoms. The fourth-order valence-electron chi connectivity index (χ4n) is 2.37. The Kier molecular flexibility index (Phi) is 3.77. The molecule has 19 heavy (non-hydrogen) atoms. The van der Waals surface area contributed by atoms with Gasteiger partial charge in [-0.15, -0.1) is 0 Å². The first-order valence-corrected chi connectivity index (χ1v) is 6.35. The summed E-state index contributed by atoms with van der Waals surface area (Å²) in [5.41, 5.74) is 0. The molecule has 0 radical (unpaired) electrons. The molecule has 8 nitrogen and oxygen atoms in total. The zero-order chi connectivity index (χ0) is 14.0. The Balaban J connectivity index is 1.91. The standard InChI is InChI=1S/C11H18N4O4/c1-2-8(9(16)17)13-11(19)14-3-4-15-7(6-14)5-12-10(15)18/h7-8H,2-6H2,1H3,(H,12,18)(H,13,19)(H,16,17)/t7?,8-/m1/s1. The van der Waals surface area contributed by atoms with Gasteiger partial charge in [0.25, 0.3) is 0 Å². The van der Waals surface area contributed by atoms with Crippen LogP contribution in [0.15, 0.2) is 0 Å². The lowest BCUT2D eigenvalue weighted by Gasteiger charge is -2.36. The first kappa shape index (κ1) is 13.4. The monoisotopic (exact) mass is 270 g/mol. The second-order valence-electron chi connectivity index (χ2n) is 4.73. The van der Waals surface area contributed by atoms with Gasteiger partial charge in [0, 0.05) is 26.2 Å². The van der Waals surface area contributed by atoms with E-state index in [9.17, 15) is 14.4 Å². The summed E-state index contributed by atoms with van der Waals surface area (Å²) < 4.78 is 0. The zero-order valence-corrected chi connectivity index (χ0v) is 10.8. The fraction of sp³-hybridized carbons (Fsp3) is 0.727. The van der Waals surface area contributed by atoms with E-state index >= 15 is 0 Å². The Labute approximate surface area is 110 Å². The summed E-state index contributed by atoms with van der Waals surface area (Å²) in [5, 5.41) is 14.1. The molecule has 0 bridgehead atoms. The molecule has 0 saturated carbocycles. The number of urea groups is 2. The van der Waals surface area contributed by atoms with Gasteiger partial charge in [0.15, 0.2) is 0 Å². The van der Waals surface area contributed by atoms with Crippen molar-refractivity contribution in [3.63, 3.8) is 0 Å². The molecule has 1 unspecified atom stereocenters. The number of aliphatic carboxylic acids is 1. The van der Waals surface area contributed by atoms with E-state index in [4.69, 9.17) is 5.11 Å². The minimum atomic E-state index is -1.04. The van der Waals surface area contributed by atoms with Gasteiger partial charge in [-0.2, -0.15) is 0 Å². The van der Waals surface area contributed by atoms with Crippen LogP contribution in [0.4, 0.5) is 9.59 Å². The number of rotatable bonds is 3. The molecule has 2 atom stereocenters. The van der Waals surface area contributed by atoms with E-state index in [2.05, 4.69) is 10.6 Å². The maximum atomic E-state index is 12.0. The number of carbonyl (C=O) groups excluding carboxylic acids is 2. The predicted octanol–water partition coefficient (Wildman–Crippen LogP) is -0.731. The highest BCUT2D eigenvalue weighted by Crippen LogP contribution is 2.14. The number of hydrogen-bond donors (Lipinski definition) is 3. The van der Waals surface area contributed by atoms with Crippen molar-refractivity contribution in [2.45, 2.75) is 25.4 Å². The molecular weight excluding hydrogens is 252 g/mol. The van der Waals surface area contributed by atoms with Crippen LogP contribution in [0.1, 0.15) is 13.3 Å². The number of piperazine rings is 1. The number of carbonyl (C=O) groups is 3. The topological polar surface area (TPSA) is 102 Å². The summed E-state index contributed by atoms with van der Waals surface area (Å²) in [6.45, 7) is 3.57. The summed E-state index contributed by atoms with van der Waals surface area (Å²) in [6.07, 6.45) is 0.338. The second-order valence-corrected chi connectivity index (χ2v) is 4.73. The van der Waals surface area contributed by atoms with E-state index in [1.165, 1.54) is 0 Å². The molecule has 106 valence electrons. The van der Waals surface area contributed by atoms with Crippen LogP contribution in [0.25, 0.3) is 0 Å². The van der Waals surface area contributed by atoms with Crippen molar-refractivity contribution in [3.05, 3.63) is 0 Å². The molecule has 3 N–H and O–H groups in total. The van der Waals surface area contributed by atoms with Crippen LogP contribution in [0.2, 0.25) is 0 Å². The van der Waals surface area contributed by atoms with Gasteiger partial charge in [-0.05, 0) is 6.42 Å². The summed E-state index contributed by atoms with van der Waals surface area (Å²) in [4.78, 5) is 37.5. The first-order valence-electron chi connectivity index (χ1n) is 6.35. The van der Waals surface area contributed by atoms with E-state index in [1.54, 1.807) is 16.7 Å². The maximum absolute atomic E-state index is 12.0. The third-order valence-electron chi connectivity index (χ3n) is 3.52. The van der Waals surface area contributed by atoms with E-state index in [0.29, 0.717) is 32.6 Å². The molecule has 0 aromatic carbocycles. The molecule has 0 aromatic heterocycles. The van der Waals surface area contributed by atoms with Gasteiger partial charge in [0.05, 0.1) is 6.04 Å². The van der Waals surface area contributed by atoms with Crippen LogP contribution >= 0.6 is 0 Å². The van der Waals surface area contributed by atoms with Crippen LogP contribution in [0.3, 0.4) is 0 Å². The van der Waals surface area contributed by atoms with Gasteiger partial charge >= 0.3 is 18.0 Å². The number of nitrogens with zero attached hydrogens (tertiary/aromatic N) is 2. The van der Waals surface area contributed by atoms with Crippen molar-refractivity contribution in [2.75, 3.05) is 26.2 Å².